The van der Waals surface area contributed by atoms with Crippen LogP contribution in [0.4, 0.5) is 0 Å². The van der Waals surface area contributed by atoms with Gasteiger partial charge in [0.2, 0.25) is 5.91 Å². The molecule has 1 saturated heterocycles. The van der Waals surface area contributed by atoms with Crippen LogP contribution >= 0.6 is 0 Å². The van der Waals surface area contributed by atoms with Crippen molar-refractivity contribution in [2.24, 2.45) is 5.92 Å². The molecule has 1 aromatic carbocycles. The SMILES string of the molecule is O=C1CC2(CCCCC2Cc2ccccc2)S(=O)CCN1Cc1ccccn1. The quantitative estimate of drug-likeness (QED) is 0.791. The molecule has 1 aliphatic carbocycles. The van der Waals surface area contributed by atoms with Crippen molar-refractivity contribution in [3.05, 3.63) is 66.0 Å². The first-order valence-corrected chi connectivity index (χ1v) is 11.6. The number of amides is 1. The Labute approximate surface area is 169 Å². The van der Waals surface area contributed by atoms with E-state index in [0.717, 1.165) is 31.4 Å². The molecule has 4 nitrogen and oxygen atoms in total. The first kappa shape index (κ1) is 19.3. The monoisotopic (exact) mass is 396 g/mol. The topological polar surface area (TPSA) is 50.3 Å². The Hall–Kier alpha value is -2.01. The van der Waals surface area contributed by atoms with Crippen LogP contribution in [0.1, 0.15) is 43.4 Å². The van der Waals surface area contributed by atoms with Crippen molar-refractivity contribution in [1.82, 2.24) is 9.88 Å². The lowest BCUT2D eigenvalue weighted by molar-refractivity contribution is -0.132. The highest BCUT2D eigenvalue weighted by Crippen LogP contribution is 2.44. The zero-order valence-electron chi connectivity index (χ0n) is 16.3. The molecule has 4 rings (SSSR count). The second-order valence-electron chi connectivity index (χ2n) is 8.06. The Bertz CT molecular complexity index is 827. The number of hydrogen-bond acceptors (Lipinski definition) is 3. The number of nitrogens with zero attached hydrogens (tertiary/aromatic N) is 2. The standard InChI is InChI=1S/C23H28N2O2S/c26-22-17-23(12-6-4-10-20(23)16-19-8-2-1-3-9-19)28(27)15-14-25(22)18-21-11-5-7-13-24-21/h1-3,5,7-9,11,13,20H,4,6,10,12,14-18H2. The zero-order chi connectivity index (χ0) is 19.4. The maximum Gasteiger partial charge on any atom is 0.224 e. The van der Waals surface area contributed by atoms with Crippen molar-refractivity contribution in [2.75, 3.05) is 12.3 Å². The summed E-state index contributed by atoms with van der Waals surface area (Å²) in [4.78, 5) is 19.4. The molecule has 1 saturated carbocycles. The predicted molar refractivity (Wildman–Crippen MR) is 112 cm³/mol. The minimum atomic E-state index is -0.989. The van der Waals surface area contributed by atoms with Crippen LogP contribution in [0.5, 0.6) is 0 Å². The fourth-order valence-electron chi connectivity index (χ4n) is 4.83. The van der Waals surface area contributed by atoms with E-state index in [1.807, 2.05) is 29.2 Å². The summed E-state index contributed by atoms with van der Waals surface area (Å²) in [5.41, 5.74) is 2.18. The van der Waals surface area contributed by atoms with Gasteiger partial charge in [-0.05, 0) is 42.9 Å². The van der Waals surface area contributed by atoms with E-state index in [-0.39, 0.29) is 10.7 Å². The van der Waals surface area contributed by atoms with Crippen LogP contribution in [0.25, 0.3) is 0 Å². The number of carbonyl (C=O) groups is 1. The summed E-state index contributed by atoms with van der Waals surface area (Å²) in [6, 6.07) is 16.2. The van der Waals surface area contributed by atoms with Gasteiger partial charge in [0.25, 0.3) is 0 Å². The molecule has 1 aliphatic heterocycles. The second-order valence-corrected chi connectivity index (χ2v) is 9.97. The summed E-state index contributed by atoms with van der Waals surface area (Å²) in [5.74, 6) is 1.02. The Kier molecular flexibility index (Phi) is 5.90. The summed E-state index contributed by atoms with van der Waals surface area (Å²) in [7, 11) is -0.989. The molecule has 2 fully saturated rings. The van der Waals surface area contributed by atoms with Crippen molar-refractivity contribution < 1.29 is 9.00 Å². The number of hydrogen-bond donors (Lipinski definition) is 0. The van der Waals surface area contributed by atoms with Crippen LogP contribution < -0.4 is 0 Å². The van der Waals surface area contributed by atoms with Gasteiger partial charge in [0.1, 0.15) is 0 Å². The highest BCUT2D eigenvalue weighted by molar-refractivity contribution is 7.86. The van der Waals surface area contributed by atoms with E-state index >= 15 is 0 Å². The molecule has 1 spiro atoms. The van der Waals surface area contributed by atoms with Crippen molar-refractivity contribution in [3.8, 4) is 0 Å². The molecule has 2 aromatic rings. The van der Waals surface area contributed by atoms with E-state index in [1.165, 1.54) is 12.0 Å². The lowest BCUT2D eigenvalue weighted by Gasteiger charge is -2.42. The molecular formula is C23H28N2O2S. The molecule has 1 aromatic heterocycles. The van der Waals surface area contributed by atoms with Gasteiger partial charge in [-0.1, -0.05) is 49.2 Å². The Morgan fingerprint density at radius 3 is 2.71 bits per heavy atom. The molecule has 0 N–H and O–H groups in total. The van der Waals surface area contributed by atoms with Crippen LogP contribution in [0.3, 0.4) is 0 Å². The number of rotatable bonds is 4. The average molecular weight is 397 g/mol. The van der Waals surface area contributed by atoms with Gasteiger partial charge >= 0.3 is 0 Å². The van der Waals surface area contributed by atoms with Gasteiger partial charge in [0.05, 0.1) is 17.0 Å². The number of pyridine rings is 1. The third-order valence-corrected chi connectivity index (χ3v) is 8.50. The largest absolute Gasteiger partial charge is 0.336 e. The molecule has 0 radical (unpaired) electrons. The molecule has 1 amide bonds. The van der Waals surface area contributed by atoms with Gasteiger partial charge in [-0.15, -0.1) is 0 Å². The zero-order valence-corrected chi connectivity index (χ0v) is 17.1. The normalized spacial score (nSPS) is 28.3. The molecule has 28 heavy (non-hydrogen) atoms. The Balaban J connectivity index is 1.56. The first-order valence-electron chi connectivity index (χ1n) is 10.3. The number of aromatic nitrogens is 1. The van der Waals surface area contributed by atoms with Gasteiger partial charge in [-0.3, -0.25) is 14.0 Å². The fourth-order valence-corrected chi connectivity index (χ4v) is 6.85. The van der Waals surface area contributed by atoms with Gasteiger partial charge in [-0.25, -0.2) is 0 Å². The molecule has 2 heterocycles. The van der Waals surface area contributed by atoms with E-state index in [4.69, 9.17) is 0 Å². The molecule has 148 valence electrons. The Morgan fingerprint density at radius 1 is 1.11 bits per heavy atom. The van der Waals surface area contributed by atoms with Crippen LogP contribution in [0.15, 0.2) is 54.7 Å². The minimum Gasteiger partial charge on any atom is -0.336 e. The van der Waals surface area contributed by atoms with Crippen molar-refractivity contribution in [2.45, 2.75) is 49.8 Å². The van der Waals surface area contributed by atoms with E-state index in [1.54, 1.807) is 6.20 Å². The highest BCUT2D eigenvalue weighted by Gasteiger charge is 2.49. The van der Waals surface area contributed by atoms with Crippen molar-refractivity contribution >= 4 is 16.7 Å². The minimum absolute atomic E-state index is 0.136. The first-order chi connectivity index (χ1) is 13.7. The molecular weight excluding hydrogens is 368 g/mol. The molecule has 3 unspecified atom stereocenters. The number of benzene rings is 1. The van der Waals surface area contributed by atoms with Crippen molar-refractivity contribution in [3.63, 3.8) is 0 Å². The van der Waals surface area contributed by atoms with Gasteiger partial charge in [0.15, 0.2) is 0 Å². The van der Waals surface area contributed by atoms with Gasteiger partial charge in [-0.2, -0.15) is 0 Å². The summed E-state index contributed by atoms with van der Waals surface area (Å²) in [6.45, 7) is 1.07. The lowest BCUT2D eigenvalue weighted by atomic mass is 9.73. The fraction of sp³-hybridized carbons (Fsp3) is 0.478. The van der Waals surface area contributed by atoms with E-state index < -0.39 is 10.8 Å². The van der Waals surface area contributed by atoms with E-state index in [0.29, 0.717) is 31.2 Å². The van der Waals surface area contributed by atoms with Crippen LogP contribution in [-0.4, -0.2) is 37.0 Å². The number of carbonyl (C=O) groups excluding carboxylic acids is 1. The van der Waals surface area contributed by atoms with Crippen molar-refractivity contribution in [1.29, 1.82) is 0 Å². The summed E-state index contributed by atoms with van der Waals surface area (Å²) in [5, 5.41) is 0. The average Bonchev–Trinajstić information content (AvgIpc) is 2.84. The highest BCUT2D eigenvalue weighted by atomic mass is 32.2. The maximum atomic E-state index is 13.5. The van der Waals surface area contributed by atoms with E-state index in [9.17, 15) is 9.00 Å². The predicted octanol–water partition coefficient (Wildman–Crippen LogP) is 3.73. The summed E-state index contributed by atoms with van der Waals surface area (Å²) >= 11 is 0. The van der Waals surface area contributed by atoms with Crippen LogP contribution in [0, 0.1) is 5.92 Å². The third kappa shape index (κ3) is 4.04. The lowest BCUT2D eigenvalue weighted by Crippen LogP contribution is -2.47. The summed E-state index contributed by atoms with van der Waals surface area (Å²) < 4.78 is 13.1. The summed E-state index contributed by atoms with van der Waals surface area (Å²) in [6.07, 6.45) is 7.29. The molecule has 5 heteroatoms. The maximum absolute atomic E-state index is 13.5. The molecule has 0 bridgehead atoms. The Morgan fingerprint density at radius 2 is 1.93 bits per heavy atom. The molecule has 3 atom stereocenters. The smallest absolute Gasteiger partial charge is 0.224 e. The third-order valence-electron chi connectivity index (χ3n) is 6.35. The van der Waals surface area contributed by atoms with Gasteiger partial charge in [0, 0.05) is 35.7 Å². The second kappa shape index (κ2) is 8.56. The van der Waals surface area contributed by atoms with Crippen LogP contribution in [0.2, 0.25) is 0 Å². The molecule has 2 aliphatic rings. The van der Waals surface area contributed by atoms with Gasteiger partial charge < -0.3 is 4.90 Å². The van der Waals surface area contributed by atoms with E-state index in [2.05, 4.69) is 29.2 Å². The van der Waals surface area contributed by atoms with Crippen LogP contribution in [-0.2, 0) is 28.6 Å².